The number of halogens is 2. The zero-order valence-electron chi connectivity index (χ0n) is 16.5. The van der Waals surface area contributed by atoms with Gasteiger partial charge in [0.2, 0.25) is 0 Å². The summed E-state index contributed by atoms with van der Waals surface area (Å²) in [7, 11) is 0. The summed E-state index contributed by atoms with van der Waals surface area (Å²) in [5, 5.41) is 15.9. The van der Waals surface area contributed by atoms with Crippen LogP contribution in [0.25, 0.3) is 0 Å². The first-order chi connectivity index (χ1) is 14.9. The van der Waals surface area contributed by atoms with Crippen LogP contribution < -0.4 is 10.6 Å². The van der Waals surface area contributed by atoms with Crippen LogP contribution in [-0.4, -0.2) is 16.9 Å². The van der Waals surface area contributed by atoms with Crippen LogP contribution in [0, 0.1) is 5.92 Å². The number of fused-ring (bicyclic) bond motifs is 1. The molecule has 0 heterocycles. The predicted octanol–water partition coefficient (Wildman–Crippen LogP) is 6.33. The molecule has 0 aromatic heterocycles. The van der Waals surface area contributed by atoms with Crippen LogP contribution in [0.5, 0.6) is 5.75 Å². The molecule has 1 unspecified atom stereocenters. The summed E-state index contributed by atoms with van der Waals surface area (Å²) in [6.45, 7) is 0. The second-order valence-electron chi connectivity index (χ2n) is 7.58. The molecule has 0 bridgehead atoms. The number of Topliss-reactive ketones (excluding diaryl/α,β-unsaturated/α-hetero) is 1. The zero-order valence-corrected chi connectivity index (χ0v) is 18.0. The van der Waals surface area contributed by atoms with Gasteiger partial charge >= 0.3 is 6.03 Å². The van der Waals surface area contributed by atoms with Gasteiger partial charge in [-0.3, -0.25) is 4.79 Å². The van der Waals surface area contributed by atoms with Gasteiger partial charge in [-0.15, -0.1) is 0 Å². The van der Waals surface area contributed by atoms with Crippen LogP contribution in [0.3, 0.4) is 0 Å². The average Bonchev–Trinajstić information content (AvgIpc) is 2.70. The minimum Gasteiger partial charge on any atom is -0.508 e. The molecular weight excluding hydrogens is 435 g/mol. The number of urea groups is 1. The summed E-state index contributed by atoms with van der Waals surface area (Å²) >= 11 is 11.9. The molecule has 0 radical (unpaired) electrons. The van der Waals surface area contributed by atoms with E-state index in [-0.39, 0.29) is 17.5 Å². The minimum atomic E-state index is -0.409. The number of anilines is 2. The molecular formula is C24H20Cl2N2O3. The van der Waals surface area contributed by atoms with Gasteiger partial charge in [0.05, 0.1) is 0 Å². The number of hydrogen-bond donors (Lipinski definition) is 3. The maximum Gasteiger partial charge on any atom is 0.323 e. The minimum absolute atomic E-state index is 0.0910. The largest absolute Gasteiger partial charge is 0.508 e. The van der Waals surface area contributed by atoms with Crippen LogP contribution in [0.4, 0.5) is 16.2 Å². The lowest BCUT2D eigenvalue weighted by Gasteiger charge is -2.23. The van der Waals surface area contributed by atoms with E-state index in [0.29, 0.717) is 33.4 Å². The highest BCUT2D eigenvalue weighted by Crippen LogP contribution is 2.30. The van der Waals surface area contributed by atoms with E-state index >= 15 is 0 Å². The fourth-order valence-corrected chi connectivity index (χ4v) is 4.36. The van der Waals surface area contributed by atoms with Crippen molar-refractivity contribution in [2.24, 2.45) is 5.92 Å². The van der Waals surface area contributed by atoms with Gasteiger partial charge in [-0.1, -0.05) is 35.3 Å². The lowest BCUT2D eigenvalue weighted by atomic mass is 9.79. The standard InChI is InChI=1S/C24H20Cl2N2O3/c25-17-11-18(26)13-20(12-17)28-24(31)27-19-5-1-14(2-6-19)9-16-4-3-15-10-21(29)7-8-22(15)23(16)30/h1-2,5-8,10-13,16,29H,3-4,9H2,(H2,27,28,31). The number of aryl methyl sites for hydroxylation is 1. The number of ketones is 1. The second-order valence-corrected chi connectivity index (χ2v) is 8.45. The zero-order chi connectivity index (χ0) is 22.0. The van der Waals surface area contributed by atoms with Gasteiger partial charge < -0.3 is 15.7 Å². The molecule has 3 aromatic carbocycles. The maximum absolute atomic E-state index is 12.8. The van der Waals surface area contributed by atoms with E-state index in [1.54, 1.807) is 48.5 Å². The summed E-state index contributed by atoms with van der Waals surface area (Å²) in [6.07, 6.45) is 2.15. The van der Waals surface area contributed by atoms with E-state index in [9.17, 15) is 14.7 Å². The molecule has 2 amide bonds. The number of hydrogen-bond acceptors (Lipinski definition) is 3. The number of rotatable bonds is 4. The van der Waals surface area contributed by atoms with Crippen molar-refractivity contribution in [3.8, 4) is 5.75 Å². The number of carbonyl (C=O) groups excluding carboxylic acids is 2. The summed E-state index contributed by atoms with van der Waals surface area (Å²) in [5.41, 5.74) is 3.76. The first kappa shape index (κ1) is 21.2. The van der Waals surface area contributed by atoms with Crippen molar-refractivity contribution in [1.82, 2.24) is 0 Å². The second kappa shape index (κ2) is 9.00. The Kier molecular flexibility index (Phi) is 6.16. The molecule has 0 saturated carbocycles. The first-order valence-corrected chi connectivity index (χ1v) is 10.6. The lowest BCUT2D eigenvalue weighted by Crippen LogP contribution is -2.24. The van der Waals surface area contributed by atoms with Gasteiger partial charge in [0.1, 0.15) is 5.75 Å². The molecule has 0 fully saturated rings. The fourth-order valence-electron chi connectivity index (χ4n) is 3.83. The quantitative estimate of drug-likeness (QED) is 0.430. The molecule has 3 N–H and O–H groups in total. The monoisotopic (exact) mass is 454 g/mol. The van der Waals surface area contributed by atoms with E-state index < -0.39 is 6.03 Å². The third kappa shape index (κ3) is 5.19. The van der Waals surface area contributed by atoms with Crippen molar-refractivity contribution in [2.75, 3.05) is 10.6 Å². The molecule has 1 aliphatic carbocycles. The van der Waals surface area contributed by atoms with E-state index in [4.69, 9.17) is 23.2 Å². The van der Waals surface area contributed by atoms with Gasteiger partial charge in [-0.25, -0.2) is 4.79 Å². The third-order valence-corrected chi connectivity index (χ3v) is 5.74. The Bertz CT molecular complexity index is 1130. The molecule has 7 heteroatoms. The predicted molar refractivity (Wildman–Crippen MR) is 123 cm³/mol. The van der Waals surface area contributed by atoms with Crippen LogP contribution in [-0.2, 0) is 12.8 Å². The van der Waals surface area contributed by atoms with E-state index in [1.807, 2.05) is 12.1 Å². The molecule has 5 nitrogen and oxygen atoms in total. The third-order valence-electron chi connectivity index (χ3n) is 5.30. The SMILES string of the molecule is O=C(Nc1ccc(CC2CCc3cc(O)ccc3C2=O)cc1)Nc1cc(Cl)cc(Cl)c1. The van der Waals surface area contributed by atoms with Crippen molar-refractivity contribution in [3.63, 3.8) is 0 Å². The lowest BCUT2D eigenvalue weighted by molar-refractivity contribution is 0.0901. The molecule has 4 rings (SSSR count). The highest BCUT2D eigenvalue weighted by atomic mass is 35.5. The van der Waals surface area contributed by atoms with E-state index in [2.05, 4.69) is 10.6 Å². The molecule has 0 aliphatic heterocycles. The van der Waals surface area contributed by atoms with Crippen molar-refractivity contribution >= 4 is 46.4 Å². The van der Waals surface area contributed by atoms with Gasteiger partial charge in [-0.05, 0) is 78.9 Å². The van der Waals surface area contributed by atoms with Crippen LogP contribution in [0.2, 0.25) is 10.0 Å². The summed E-state index contributed by atoms with van der Waals surface area (Å²) in [5.74, 6) is 0.213. The topological polar surface area (TPSA) is 78.4 Å². The maximum atomic E-state index is 12.8. The number of benzene rings is 3. The summed E-state index contributed by atoms with van der Waals surface area (Å²) < 4.78 is 0. The van der Waals surface area contributed by atoms with Crippen LogP contribution in [0.15, 0.2) is 60.7 Å². The Balaban J connectivity index is 1.36. The Hall–Kier alpha value is -3.02. The van der Waals surface area contributed by atoms with Crippen molar-refractivity contribution in [2.45, 2.75) is 19.3 Å². The van der Waals surface area contributed by atoms with E-state index in [1.165, 1.54) is 0 Å². The molecule has 1 aliphatic rings. The fraction of sp³-hybridized carbons (Fsp3) is 0.167. The van der Waals surface area contributed by atoms with Crippen molar-refractivity contribution < 1.29 is 14.7 Å². The molecule has 158 valence electrons. The Labute approximate surface area is 190 Å². The molecule has 1 atom stereocenters. The number of phenolic OH excluding ortho intramolecular Hbond substituents is 1. The van der Waals surface area contributed by atoms with Crippen molar-refractivity contribution in [1.29, 1.82) is 0 Å². The van der Waals surface area contributed by atoms with Gasteiger partial charge in [0.15, 0.2) is 5.78 Å². The summed E-state index contributed by atoms with van der Waals surface area (Å²) in [6, 6.07) is 16.8. The molecule has 0 saturated heterocycles. The number of carbonyl (C=O) groups is 2. The first-order valence-electron chi connectivity index (χ1n) is 9.86. The Morgan fingerprint density at radius 2 is 1.61 bits per heavy atom. The normalized spacial score (nSPS) is 15.3. The number of phenols is 1. The average molecular weight is 455 g/mol. The Morgan fingerprint density at radius 1 is 0.935 bits per heavy atom. The van der Waals surface area contributed by atoms with Gasteiger partial charge in [0, 0.05) is 32.9 Å². The highest BCUT2D eigenvalue weighted by molar-refractivity contribution is 6.35. The van der Waals surface area contributed by atoms with Crippen LogP contribution >= 0.6 is 23.2 Å². The van der Waals surface area contributed by atoms with Crippen molar-refractivity contribution in [3.05, 3.63) is 87.4 Å². The van der Waals surface area contributed by atoms with Gasteiger partial charge in [-0.2, -0.15) is 0 Å². The smallest absolute Gasteiger partial charge is 0.323 e. The van der Waals surface area contributed by atoms with Crippen LogP contribution in [0.1, 0.15) is 27.9 Å². The summed E-state index contributed by atoms with van der Waals surface area (Å²) in [4.78, 5) is 25.0. The Morgan fingerprint density at radius 3 is 2.32 bits per heavy atom. The number of aromatic hydroxyl groups is 1. The highest BCUT2D eigenvalue weighted by Gasteiger charge is 2.27. The van der Waals surface area contributed by atoms with E-state index in [0.717, 1.165) is 24.0 Å². The molecule has 3 aromatic rings. The number of nitrogens with one attached hydrogen (secondary N) is 2. The molecule has 0 spiro atoms. The molecule has 31 heavy (non-hydrogen) atoms. The number of amides is 2. The van der Waals surface area contributed by atoms with Gasteiger partial charge in [0.25, 0.3) is 0 Å².